The summed E-state index contributed by atoms with van der Waals surface area (Å²) in [6, 6.07) is 1.85. The van der Waals surface area contributed by atoms with E-state index in [0.717, 1.165) is 22.6 Å². The highest BCUT2D eigenvalue weighted by atomic mass is 16.5. The topological polar surface area (TPSA) is 69.9 Å². The average Bonchev–Trinajstić information content (AvgIpc) is 2.67. The molecular weight excluding hydrogens is 256 g/mol. The highest BCUT2D eigenvalue weighted by Gasteiger charge is 2.17. The molecule has 0 atom stereocenters. The van der Waals surface area contributed by atoms with Crippen LogP contribution in [0.5, 0.6) is 0 Å². The first-order valence-corrected chi connectivity index (χ1v) is 6.52. The maximum absolute atomic E-state index is 11.6. The van der Waals surface area contributed by atoms with E-state index in [4.69, 9.17) is 4.74 Å². The van der Waals surface area contributed by atoms with Gasteiger partial charge in [-0.3, -0.25) is 4.79 Å². The molecule has 0 saturated heterocycles. The van der Waals surface area contributed by atoms with Gasteiger partial charge >= 0.3 is 5.97 Å². The Morgan fingerprint density at radius 1 is 1.30 bits per heavy atom. The molecule has 0 aromatic carbocycles. The van der Waals surface area contributed by atoms with E-state index in [-0.39, 0.29) is 12.4 Å². The number of ether oxygens (including phenoxy) is 1. The van der Waals surface area contributed by atoms with Crippen LogP contribution in [-0.2, 0) is 16.0 Å². The van der Waals surface area contributed by atoms with Gasteiger partial charge in [0.25, 0.3) is 0 Å². The van der Waals surface area contributed by atoms with Crippen LogP contribution in [0.2, 0.25) is 0 Å². The van der Waals surface area contributed by atoms with Crippen LogP contribution in [0, 0.1) is 20.8 Å². The van der Waals surface area contributed by atoms with Crippen molar-refractivity contribution in [1.82, 2.24) is 19.7 Å². The van der Waals surface area contributed by atoms with Crippen molar-refractivity contribution in [2.75, 3.05) is 6.61 Å². The van der Waals surface area contributed by atoms with Crippen LogP contribution in [-0.4, -0.2) is 32.3 Å². The van der Waals surface area contributed by atoms with Gasteiger partial charge in [0.05, 0.1) is 18.7 Å². The molecule has 0 radical (unpaired) electrons. The summed E-state index contributed by atoms with van der Waals surface area (Å²) in [4.78, 5) is 19.9. The Hall–Kier alpha value is -2.24. The van der Waals surface area contributed by atoms with E-state index in [0.29, 0.717) is 12.4 Å². The zero-order chi connectivity index (χ0) is 14.7. The summed E-state index contributed by atoms with van der Waals surface area (Å²) in [5.74, 6) is 0.463. The highest BCUT2D eigenvalue weighted by molar-refractivity contribution is 5.73. The Balaban J connectivity index is 2.36. The van der Waals surface area contributed by atoms with Gasteiger partial charge in [-0.15, -0.1) is 0 Å². The van der Waals surface area contributed by atoms with Crippen molar-refractivity contribution in [2.24, 2.45) is 0 Å². The minimum atomic E-state index is -0.239. The van der Waals surface area contributed by atoms with Gasteiger partial charge in [-0.2, -0.15) is 5.10 Å². The van der Waals surface area contributed by atoms with Crippen molar-refractivity contribution in [2.45, 2.75) is 34.1 Å². The smallest absolute Gasteiger partial charge is 0.310 e. The molecule has 2 heterocycles. The molecule has 0 unspecified atom stereocenters. The third-order valence-corrected chi connectivity index (χ3v) is 3.07. The molecule has 0 aliphatic carbocycles. The molecule has 0 N–H and O–H groups in total. The largest absolute Gasteiger partial charge is 0.466 e. The summed E-state index contributed by atoms with van der Waals surface area (Å²) < 4.78 is 6.72. The normalized spacial score (nSPS) is 10.6. The van der Waals surface area contributed by atoms with Crippen LogP contribution in [0.4, 0.5) is 0 Å². The molecule has 6 nitrogen and oxygen atoms in total. The maximum atomic E-state index is 11.6. The fourth-order valence-electron chi connectivity index (χ4n) is 2.07. The Labute approximate surface area is 117 Å². The monoisotopic (exact) mass is 274 g/mol. The second kappa shape index (κ2) is 5.81. The Morgan fingerprint density at radius 2 is 2.05 bits per heavy atom. The average molecular weight is 274 g/mol. The maximum Gasteiger partial charge on any atom is 0.310 e. The van der Waals surface area contributed by atoms with E-state index in [2.05, 4.69) is 15.1 Å². The van der Waals surface area contributed by atoms with Crippen LogP contribution in [0.1, 0.15) is 29.6 Å². The van der Waals surface area contributed by atoms with Gasteiger partial charge < -0.3 is 4.74 Å². The predicted octanol–water partition coefficient (Wildman–Crippen LogP) is 1.69. The first-order chi connectivity index (χ1) is 9.52. The summed E-state index contributed by atoms with van der Waals surface area (Å²) >= 11 is 0. The number of aromatic nitrogens is 4. The molecule has 0 fully saturated rings. The standard InChI is InChI=1S/C14H18N4O2/c1-5-20-14(19)7-12-10(3)17-18(11(12)4)13-6-9(2)15-8-16-13/h6,8H,5,7H2,1-4H3. The van der Waals surface area contributed by atoms with Gasteiger partial charge in [0.2, 0.25) is 0 Å². The fourth-order valence-corrected chi connectivity index (χ4v) is 2.07. The predicted molar refractivity (Wildman–Crippen MR) is 73.7 cm³/mol. The number of hydrogen-bond donors (Lipinski definition) is 0. The third kappa shape index (κ3) is 2.84. The molecule has 106 valence electrons. The van der Waals surface area contributed by atoms with Crippen LogP contribution in [0.25, 0.3) is 5.82 Å². The number of aryl methyl sites for hydroxylation is 2. The second-order valence-corrected chi connectivity index (χ2v) is 4.56. The van der Waals surface area contributed by atoms with Gasteiger partial charge in [-0.25, -0.2) is 14.6 Å². The van der Waals surface area contributed by atoms with E-state index in [9.17, 15) is 4.79 Å². The molecular formula is C14H18N4O2. The quantitative estimate of drug-likeness (QED) is 0.793. The van der Waals surface area contributed by atoms with Crippen molar-refractivity contribution < 1.29 is 9.53 Å². The summed E-state index contributed by atoms with van der Waals surface area (Å²) in [6.07, 6.45) is 1.74. The zero-order valence-electron chi connectivity index (χ0n) is 12.2. The lowest BCUT2D eigenvalue weighted by Gasteiger charge is -2.05. The van der Waals surface area contributed by atoms with E-state index < -0.39 is 0 Å². The molecule has 6 heteroatoms. The number of rotatable bonds is 4. The third-order valence-electron chi connectivity index (χ3n) is 3.07. The minimum absolute atomic E-state index is 0.232. The Morgan fingerprint density at radius 3 is 2.70 bits per heavy atom. The van der Waals surface area contributed by atoms with Crippen molar-refractivity contribution in [1.29, 1.82) is 0 Å². The SMILES string of the molecule is CCOC(=O)Cc1c(C)nn(-c2cc(C)ncn2)c1C. The lowest BCUT2D eigenvalue weighted by molar-refractivity contribution is -0.142. The summed E-state index contributed by atoms with van der Waals surface area (Å²) in [5.41, 5.74) is 3.47. The highest BCUT2D eigenvalue weighted by Crippen LogP contribution is 2.17. The number of esters is 1. The molecule has 20 heavy (non-hydrogen) atoms. The number of carbonyl (C=O) groups is 1. The Bertz CT molecular complexity index is 634. The van der Waals surface area contributed by atoms with Crippen LogP contribution >= 0.6 is 0 Å². The fraction of sp³-hybridized carbons (Fsp3) is 0.429. The van der Waals surface area contributed by atoms with Crippen molar-refractivity contribution in [3.05, 3.63) is 35.0 Å². The molecule has 2 aromatic heterocycles. The minimum Gasteiger partial charge on any atom is -0.466 e. The van der Waals surface area contributed by atoms with E-state index in [1.54, 1.807) is 11.6 Å². The lowest BCUT2D eigenvalue weighted by Crippen LogP contribution is -2.09. The lowest BCUT2D eigenvalue weighted by atomic mass is 10.1. The molecule has 0 spiro atoms. The van der Waals surface area contributed by atoms with Gasteiger partial charge in [-0.1, -0.05) is 0 Å². The first-order valence-electron chi connectivity index (χ1n) is 6.52. The van der Waals surface area contributed by atoms with Gasteiger partial charge in [0, 0.05) is 23.0 Å². The summed E-state index contributed by atoms with van der Waals surface area (Å²) in [6.45, 7) is 7.88. The summed E-state index contributed by atoms with van der Waals surface area (Å²) in [5, 5.41) is 4.45. The Kier molecular flexibility index (Phi) is 4.12. The molecule has 2 rings (SSSR count). The van der Waals surface area contributed by atoms with Crippen molar-refractivity contribution in [3.63, 3.8) is 0 Å². The summed E-state index contributed by atoms with van der Waals surface area (Å²) in [7, 11) is 0. The zero-order valence-corrected chi connectivity index (χ0v) is 12.2. The molecule has 0 aliphatic rings. The number of nitrogens with zero attached hydrogens (tertiary/aromatic N) is 4. The van der Waals surface area contributed by atoms with E-state index in [1.807, 2.05) is 26.8 Å². The number of carbonyl (C=O) groups excluding carboxylic acids is 1. The molecule has 0 aliphatic heterocycles. The van der Waals surface area contributed by atoms with E-state index in [1.165, 1.54) is 6.33 Å². The first kappa shape index (κ1) is 14.2. The van der Waals surface area contributed by atoms with E-state index >= 15 is 0 Å². The van der Waals surface area contributed by atoms with Gasteiger partial charge in [0.1, 0.15) is 6.33 Å². The number of hydrogen-bond acceptors (Lipinski definition) is 5. The van der Waals surface area contributed by atoms with Gasteiger partial charge in [0.15, 0.2) is 5.82 Å². The van der Waals surface area contributed by atoms with Crippen molar-refractivity contribution >= 4 is 5.97 Å². The molecule has 0 saturated carbocycles. The molecule has 0 amide bonds. The van der Waals surface area contributed by atoms with Crippen LogP contribution < -0.4 is 0 Å². The van der Waals surface area contributed by atoms with Gasteiger partial charge in [-0.05, 0) is 27.7 Å². The van der Waals surface area contributed by atoms with Crippen LogP contribution in [0.15, 0.2) is 12.4 Å². The molecule has 2 aromatic rings. The van der Waals surface area contributed by atoms with Crippen LogP contribution in [0.3, 0.4) is 0 Å². The van der Waals surface area contributed by atoms with Crippen molar-refractivity contribution in [3.8, 4) is 5.82 Å². The molecule has 0 bridgehead atoms. The second-order valence-electron chi connectivity index (χ2n) is 4.56.